The fourth-order valence-electron chi connectivity index (χ4n) is 2.01. The molecule has 0 aromatic heterocycles. The number of carbonyl (C=O) groups is 1. The maximum atomic E-state index is 12.2. The number of thiocarbonyl (C=S) groups is 1. The lowest BCUT2D eigenvalue weighted by atomic mass is 10.2. The number of hydrogen-bond acceptors (Lipinski definition) is 2. The van der Waals surface area contributed by atoms with Crippen LogP contribution in [-0.2, 0) is 4.79 Å². The van der Waals surface area contributed by atoms with E-state index in [4.69, 9.17) is 70.2 Å². The van der Waals surface area contributed by atoms with Gasteiger partial charge in [-0.15, -0.1) is 0 Å². The monoisotopic (exact) mass is 495 g/mol. The highest BCUT2D eigenvalue weighted by atomic mass is 35.6. The number of carbonyl (C=O) groups excluding carboxylic acids is 1. The molecule has 10 heteroatoms. The van der Waals surface area contributed by atoms with Gasteiger partial charge in [-0.05, 0) is 42.1 Å². The number of hydrogen-bond donors (Lipinski definition) is 3. The molecule has 0 heterocycles. The third kappa shape index (κ3) is 7.66. The zero-order chi connectivity index (χ0) is 20.7. The van der Waals surface area contributed by atoms with Crippen molar-refractivity contribution in [3.63, 3.8) is 0 Å². The van der Waals surface area contributed by atoms with Gasteiger partial charge in [0.05, 0.1) is 10.7 Å². The zero-order valence-corrected chi connectivity index (χ0v) is 18.7. The van der Waals surface area contributed by atoms with Gasteiger partial charge in [0.1, 0.15) is 6.17 Å². The predicted octanol–water partition coefficient (Wildman–Crippen LogP) is 5.81. The van der Waals surface area contributed by atoms with Gasteiger partial charge >= 0.3 is 0 Å². The Morgan fingerprint density at radius 1 is 1.04 bits per heavy atom. The molecule has 0 bridgehead atoms. The van der Waals surface area contributed by atoms with Gasteiger partial charge in [0.25, 0.3) is 0 Å². The van der Waals surface area contributed by atoms with Crippen LogP contribution in [0.25, 0.3) is 6.08 Å². The van der Waals surface area contributed by atoms with E-state index in [0.717, 1.165) is 5.56 Å². The average molecular weight is 498 g/mol. The van der Waals surface area contributed by atoms with E-state index in [0.29, 0.717) is 15.7 Å². The van der Waals surface area contributed by atoms with Crippen molar-refractivity contribution < 1.29 is 4.79 Å². The van der Waals surface area contributed by atoms with E-state index in [9.17, 15) is 4.79 Å². The molecule has 1 atom stereocenters. The third-order valence-corrected chi connectivity index (χ3v) is 4.72. The summed E-state index contributed by atoms with van der Waals surface area (Å²) in [6.45, 7) is 0. The lowest BCUT2D eigenvalue weighted by molar-refractivity contribution is -0.117. The Hall–Kier alpha value is -1.21. The fourth-order valence-corrected chi connectivity index (χ4v) is 3.02. The summed E-state index contributed by atoms with van der Waals surface area (Å²) >= 11 is 35.0. The Morgan fingerprint density at radius 3 is 2.32 bits per heavy atom. The van der Waals surface area contributed by atoms with Crippen LogP contribution in [-0.4, -0.2) is 21.0 Å². The van der Waals surface area contributed by atoms with E-state index in [1.54, 1.807) is 24.3 Å². The molecule has 2 rings (SSSR count). The maximum absolute atomic E-state index is 12.2. The number of rotatable bonds is 5. The molecule has 1 unspecified atom stereocenters. The molecule has 0 aliphatic rings. The number of benzene rings is 2. The molecule has 2 aromatic rings. The van der Waals surface area contributed by atoms with Crippen LogP contribution >= 0.6 is 70.2 Å². The molecular weight excluding hydrogens is 484 g/mol. The highest BCUT2D eigenvalue weighted by Gasteiger charge is 2.34. The number of anilines is 1. The van der Waals surface area contributed by atoms with Gasteiger partial charge < -0.3 is 16.0 Å². The van der Waals surface area contributed by atoms with Crippen LogP contribution in [0.3, 0.4) is 0 Å². The molecule has 0 fully saturated rings. The summed E-state index contributed by atoms with van der Waals surface area (Å²) in [4.78, 5) is 12.2. The molecular formula is C18H14Cl5N3OS. The Balaban J connectivity index is 2.02. The first-order valence-corrected chi connectivity index (χ1v) is 10.1. The van der Waals surface area contributed by atoms with E-state index in [2.05, 4.69) is 16.0 Å². The summed E-state index contributed by atoms with van der Waals surface area (Å²) in [6.07, 6.45) is 1.86. The fraction of sp³-hybridized carbons (Fsp3) is 0.111. The van der Waals surface area contributed by atoms with Crippen LogP contribution in [0.4, 0.5) is 5.69 Å². The van der Waals surface area contributed by atoms with Crippen molar-refractivity contribution in [1.82, 2.24) is 10.6 Å². The van der Waals surface area contributed by atoms with Crippen molar-refractivity contribution in [2.24, 2.45) is 0 Å². The first-order chi connectivity index (χ1) is 13.1. The third-order valence-electron chi connectivity index (χ3n) is 3.30. The van der Waals surface area contributed by atoms with Gasteiger partial charge in [0.15, 0.2) is 5.11 Å². The van der Waals surface area contributed by atoms with E-state index >= 15 is 0 Å². The smallest absolute Gasteiger partial charge is 0.245 e. The van der Waals surface area contributed by atoms with Gasteiger partial charge in [-0.25, -0.2) is 0 Å². The van der Waals surface area contributed by atoms with Crippen LogP contribution < -0.4 is 16.0 Å². The zero-order valence-electron chi connectivity index (χ0n) is 14.1. The van der Waals surface area contributed by atoms with Crippen molar-refractivity contribution in [3.8, 4) is 0 Å². The summed E-state index contributed by atoms with van der Waals surface area (Å²) in [5, 5.41) is 9.08. The lowest BCUT2D eigenvalue weighted by Crippen LogP contribution is -2.55. The second-order valence-electron chi connectivity index (χ2n) is 5.45. The highest BCUT2D eigenvalue weighted by molar-refractivity contribution is 7.80. The molecule has 4 nitrogen and oxygen atoms in total. The van der Waals surface area contributed by atoms with E-state index in [1.165, 1.54) is 6.08 Å². The van der Waals surface area contributed by atoms with Gasteiger partial charge in [-0.2, -0.15) is 0 Å². The Morgan fingerprint density at radius 2 is 1.71 bits per heavy atom. The average Bonchev–Trinajstić information content (AvgIpc) is 2.62. The topological polar surface area (TPSA) is 53.2 Å². The number of alkyl halides is 3. The van der Waals surface area contributed by atoms with Crippen LogP contribution in [0.2, 0.25) is 10.0 Å². The van der Waals surface area contributed by atoms with Gasteiger partial charge in [0, 0.05) is 11.1 Å². The van der Waals surface area contributed by atoms with Crippen molar-refractivity contribution >= 4 is 93.0 Å². The molecule has 0 aliphatic carbocycles. The van der Waals surface area contributed by atoms with Crippen LogP contribution in [0.15, 0.2) is 54.6 Å². The highest BCUT2D eigenvalue weighted by Crippen LogP contribution is 2.29. The molecule has 0 saturated carbocycles. The largest absolute Gasteiger partial charge is 0.339 e. The molecule has 0 saturated heterocycles. The molecule has 0 aliphatic heterocycles. The molecule has 148 valence electrons. The summed E-state index contributed by atoms with van der Waals surface area (Å²) in [5.41, 5.74) is 1.35. The SMILES string of the molecule is O=C(/C=C/c1ccccc1)NC(NC(=S)Nc1ccc(Cl)cc1Cl)C(Cl)(Cl)Cl. The minimum Gasteiger partial charge on any atom is -0.339 e. The quantitative estimate of drug-likeness (QED) is 0.211. The minimum absolute atomic E-state index is 0.0906. The molecule has 28 heavy (non-hydrogen) atoms. The Bertz CT molecular complexity index is 871. The molecule has 0 spiro atoms. The van der Waals surface area contributed by atoms with Crippen molar-refractivity contribution in [1.29, 1.82) is 0 Å². The molecule has 2 aromatic carbocycles. The van der Waals surface area contributed by atoms with Crippen LogP contribution in [0.5, 0.6) is 0 Å². The first kappa shape index (κ1) is 23.1. The van der Waals surface area contributed by atoms with Crippen LogP contribution in [0.1, 0.15) is 5.56 Å². The van der Waals surface area contributed by atoms with Crippen molar-refractivity contribution in [3.05, 3.63) is 70.2 Å². The summed E-state index contributed by atoms with van der Waals surface area (Å²) in [5.74, 6) is -0.472. The summed E-state index contributed by atoms with van der Waals surface area (Å²) in [7, 11) is 0. The minimum atomic E-state index is -1.87. The predicted molar refractivity (Wildman–Crippen MR) is 124 cm³/mol. The lowest BCUT2D eigenvalue weighted by Gasteiger charge is -2.27. The Labute approximate surface area is 193 Å². The summed E-state index contributed by atoms with van der Waals surface area (Å²) < 4.78 is -1.87. The molecule has 3 N–H and O–H groups in total. The number of halogens is 5. The number of nitrogens with one attached hydrogen (secondary N) is 3. The molecule has 0 radical (unpaired) electrons. The van der Waals surface area contributed by atoms with Crippen molar-refractivity contribution in [2.45, 2.75) is 9.96 Å². The Kier molecular flexibility index (Phi) is 8.68. The second kappa shape index (κ2) is 10.5. The first-order valence-electron chi connectivity index (χ1n) is 7.78. The second-order valence-corrected chi connectivity index (χ2v) is 9.07. The number of amides is 1. The van der Waals surface area contributed by atoms with Crippen LogP contribution in [0, 0.1) is 0 Å². The van der Waals surface area contributed by atoms with Crippen molar-refractivity contribution in [2.75, 3.05) is 5.32 Å². The van der Waals surface area contributed by atoms with E-state index in [-0.39, 0.29) is 5.11 Å². The van der Waals surface area contributed by atoms with Gasteiger partial charge in [0.2, 0.25) is 9.70 Å². The van der Waals surface area contributed by atoms with E-state index < -0.39 is 15.9 Å². The normalized spacial score (nSPS) is 12.5. The maximum Gasteiger partial charge on any atom is 0.245 e. The van der Waals surface area contributed by atoms with Gasteiger partial charge in [-0.1, -0.05) is 88.3 Å². The summed E-state index contributed by atoms with van der Waals surface area (Å²) in [6, 6.07) is 14.1. The van der Waals surface area contributed by atoms with Gasteiger partial charge in [-0.3, -0.25) is 4.79 Å². The standard InChI is InChI=1S/C18H14Cl5N3OS/c19-12-7-8-14(13(20)10-12)24-17(28)26-16(18(21,22)23)25-15(27)9-6-11-4-2-1-3-5-11/h1-10,16H,(H,25,27)(H2,24,26,28)/b9-6+. The molecule has 1 amide bonds. The van der Waals surface area contributed by atoms with E-state index in [1.807, 2.05) is 30.3 Å².